The van der Waals surface area contributed by atoms with E-state index in [1.54, 1.807) is 18.9 Å². The molecule has 6 nitrogen and oxygen atoms in total. The summed E-state index contributed by atoms with van der Waals surface area (Å²) in [5, 5.41) is 12.2. The van der Waals surface area contributed by atoms with Crippen LogP contribution in [0.5, 0.6) is 0 Å². The number of hydrogen-bond donors (Lipinski definition) is 2. The van der Waals surface area contributed by atoms with E-state index >= 15 is 0 Å². The SMILES string of the molecule is CCCCCCCNC(=O)N(C)c1cccc(-c2ccc(C=C(OCC)C(=O)O)cc2)c1. The molecule has 2 N–H and O–H groups in total. The first-order valence-corrected chi connectivity index (χ1v) is 11.3. The van der Waals surface area contributed by atoms with Gasteiger partial charge in [-0.25, -0.2) is 9.59 Å². The Hall–Kier alpha value is -3.28. The molecule has 0 unspecified atom stereocenters. The number of ether oxygens (including phenoxy) is 1. The third kappa shape index (κ3) is 7.76. The molecule has 0 atom stereocenters. The quantitative estimate of drug-likeness (QED) is 0.244. The molecular weight excluding hydrogens is 404 g/mol. The molecule has 32 heavy (non-hydrogen) atoms. The van der Waals surface area contributed by atoms with Crippen LogP contribution in [0.3, 0.4) is 0 Å². The zero-order chi connectivity index (χ0) is 23.3. The molecule has 172 valence electrons. The lowest BCUT2D eigenvalue weighted by Crippen LogP contribution is -2.37. The van der Waals surface area contributed by atoms with Gasteiger partial charge in [0.15, 0.2) is 0 Å². The van der Waals surface area contributed by atoms with Gasteiger partial charge in [0.05, 0.1) is 6.61 Å². The minimum atomic E-state index is -1.09. The maximum atomic E-state index is 12.5. The van der Waals surface area contributed by atoms with Gasteiger partial charge in [0.2, 0.25) is 5.76 Å². The van der Waals surface area contributed by atoms with Crippen molar-refractivity contribution in [1.82, 2.24) is 5.32 Å². The van der Waals surface area contributed by atoms with Gasteiger partial charge in [0.25, 0.3) is 0 Å². The van der Waals surface area contributed by atoms with E-state index in [1.165, 1.54) is 25.3 Å². The van der Waals surface area contributed by atoms with E-state index in [2.05, 4.69) is 12.2 Å². The van der Waals surface area contributed by atoms with E-state index in [-0.39, 0.29) is 11.8 Å². The van der Waals surface area contributed by atoms with Crippen molar-refractivity contribution < 1.29 is 19.4 Å². The second kappa shape index (κ2) is 13.2. The molecule has 6 heteroatoms. The van der Waals surface area contributed by atoms with E-state index in [1.807, 2.05) is 48.5 Å². The molecule has 2 rings (SSSR count). The molecule has 0 saturated carbocycles. The highest BCUT2D eigenvalue weighted by atomic mass is 16.5. The number of aliphatic carboxylic acids is 1. The van der Waals surface area contributed by atoms with Crippen LogP contribution in [0.25, 0.3) is 17.2 Å². The molecule has 2 aromatic carbocycles. The van der Waals surface area contributed by atoms with Gasteiger partial charge >= 0.3 is 12.0 Å². The van der Waals surface area contributed by atoms with Gasteiger partial charge < -0.3 is 15.2 Å². The molecule has 0 saturated heterocycles. The summed E-state index contributed by atoms with van der Waals surface area (Å²) in [7, 11) is 1.76. The molecule has 0 bridgehead atoms. The summed E-state index contributed by atoms with van der Waals surface area (Å²) < 4.78 is 5.16. The largest absolute Gasteiger partial charge is 0.487 e. The van der Waals surface area contributed by atoms with Gasteiger partial charge in [-0.05, 0) is 48.2 Å². The average molecular weight is 439 g/mol. The number of hydrogen-bond acceptors (Lipinski definition) is 3. The molecule has 0 fully saturated rings. The lowest BCUT2D eigenvalue weighted by molar-refractivity contribution is -0.136. The number of rotatable bonds is 12. The zero-order valence-corrected chi connectivity index (χ0v) is 19.3. The Balaban J connectivity index is 2.03. The second-order valence-corrected chi connectivity index (χ2v) is 7.62. The molecule has 0 radical (unpaired) electrons. The Morgan fingerprint density at radius 1 is 1.00 bits per heavy atom. The maximum Gasteiger partial charge on any atom is 0.371 e. The highest BCUT2D eigenvalue weighted by molar-refractivity contribution is 5.92. The number of urea groups is 1. The zero-order valence-electron chi connectivity index (χ0n) is 19.3. The van der Waals surface area contributed by atoms with E-state index in [9.17, 15) is 14.7 Å². The fourth-order valence-electron chi connectivity index (χ4n) is 3.30. The second-order valence-electron chi connectivity index (χ2n) is 7.62. The van der Waals surface area contributed by atoms with Crippen molar-refractivity contribution in [2.75, 3.05) is 25.1 Å². The Morgan fingerprint density at radius 2 is 1.72 bits per heavy atom. The first-order chi connectivity index (χ1) is 15.5. The molecule has 0 aliphatic heterocycles. The number of anilines is 1. The highest BCUT2D eigenvalue weighted by Crippen LogP contribution is 2.25. The molecule has 0 aliphatic rings. The molecule has 0 heterocycles. The lowest BCUT2D eigenvalue weighted by Gasteiger charge is -2.19. The van der Waals surface area contributed by atoms with Crippen LogP contribution in [0.2, 0.25) is 0 Å². The number of nitrogens with zero attached hydrogens (tertiary/aromatic N) is 1. The monoisotopic (exact) mass is 438 g/mol. The van der Waals surface area contributed by atoms with Crippen LogP contribution in [0.15, 0.2) is 54.3 Å². The number of carbonyl (C=O) groups is 2. The smallest absolute Gasteiger partial charge is 0.371 e. The number of carboxylic acids is 1. The molecule has 0 spiro atoms. The fraction of sp³-hybridized carbons (Fsp3) is 0.385. The first-order valence-electron chi connectivity index (χ1n) is 11.3. The van der Waals surface area contributed by atoms with Gasteiger partial charge in [-0.1, -0.05) is 69.0 Å². The van der Waals surface area contributed by atoms with Crippen molar-refractivity contribution in [3.8, 4) is 11.1 Å². The predicted molar refractivity (Wildman–Crippen MR) is 130 cm³/mol. The van der Waals surface area contributed by atoms with Gasteiger partial charge in [-0.15, -0.1) is 0 Å². The summed E-state index contributed by atoms with van der Waals surface area (Å²) in [5.41, 5.74) is 3.49. The van der Waals surface area contributed by atoms with Crippen molar-refractivity contribution >= 4 is 23.8 Å². The molecule has 0 aromatic heterocycles. The average Bonchev–Trinajstić information content (AvgIpc) is 2.81. The van der Waals surface area contributed by atoms with Crippen LogP contribution in [-0.4, -0.2) is 37.3 Å². The number of unbranched alkanes of at least 4 members (excludes halogenated alkanes) is 4. The summed E-state index contributed by atoms with van der Waals surface area (Å²) in [6.07, 6.45) is 7.30. The van der Waals surface area contributed by atoms with Crippen molar-refractivity contribution in [3.05, 3.63) is 59.9 Å². The minimum absolute atomic E-state index is 0.0831. The van der Waals surface area contributed by atoms with E-state index in [0.29, 0.717) is 13.2 Å². The van der Waals surface area contributed by atoms with E-state index in [0.717, 1.165) is 35.2 Å². The van der Waals surface area contributed by atoms with Gasteiger partial charge in [0.1, 0.15) is 0 Å². The predicted octanol–water partition coefficient (Wildman–Crippen LogP) is 5.93. The summed E-state index contributed by atoms with van der Waals surface area (Å²) >= 11 is 0. The Kier molecular flexibility index (Phi) is 10.3. The molecule has 0 aliphatic carbocycles. The third-order valence-electron chi connectivity index (χ3n) is 5.15. The number of nitrogens with one attached hydrogen (secondary N) is 1. The standard InChI is InChI=1S/C26H34N2O4/c1-4-6-7-8-9-17-27-26(31)28(3)23-12-10-11-22(19-23)21-15-13-20(14-16-21)18-24(25(29)30)32-5-2/h10-16,18-19H,4-9,17H2,1-3H3,(H,27,31)(H,29,30). The van der Waals surface area contributed by atoms with Gasteiger partial charge in [-0.2, -0.15) is 0 Å². The van der Waals surface area contributed by atoms with Gasteiger partial charge in [0, 0.05) is 19.3 Å². The molecule has 2 amide bonds. The molecular formula is C26H34N2O4. The van der Waals surface area contributed by atoms with Crippen molar-refractivity contribution in [2.45, 2.75) is 46.0 Å². The summed E-state index contributed by atoms with van der Waals surface area (Å²) in [6.45, 7) is 4.91. The molecule has 2 aromatic rings. The van der Waals surface area contributed by atoms with E-state index in [4.69, 9.17) is 4.74 Å². The fourth-order valence-corrected chi connectivity index (χ4v) is 3.30. The third-order valence-corrected chi connectivity index (χ3v) is 5.15. The number of benzene rings is 2. The summed E-state index contributed by atoms with van der Waals surface area (Å²) in [6, 6.07) is 15.2. The number of amides is 2. The number of carboxylic acid groups (broad SMARTS) is 1. The van der Waals surface area contributed by atoms with Crippen molar-refractivity contribution in [2.24, 2.45) is 0 Å². The summed E-state index contributed by atoms with van der Waals surface area (Å²) in [5.74, 6) is -1.17. The summed E-state index contributed by atoms with van der Waals surface area (Å²) in [4.78, 5) is 25.3. The van der Waals surface area contributed by atoms with Crippen LogP contribution in [-0.2, 0) is 9.53 Å². The van der Waals surface area contributed by atoms with Crippen LogP contribution >= 0.6 is 0 Å². The maximum absolute atomic E-state index is 12.5. The van der Waals surface area contributed by atoms with Gasteiger partial charge in [-0.3, -0.25) is 4.90 Å². The van der Waals surface area contributed by atoms with Crippen LogP contribution in [0, 0.1) is 0 Å². The minimum Gasteiger partial charge on any atom is -0.487 e. The first kappa shape index (κ1) is 25.0. The Morgan fingerprint density at radius 3 is 2.38 bits per heavy atom. The normalized spacial score (nSPS) is 11.2. The lowest BCUT2D eigenvalue weighted by atomic mass is 10.0. The highest BCUT2D eigenvalue weighted by Gasteiger charge is 2.11. The van der Waals surface area contributed by atoms with Crippen molar-refractivity contribution in [1.29, 1.82) is 0 Å². The van der Waals surface area contributed by atoms with E-state index < -0.39 is 5.97 Å². The number of carbonyl (C=O) groups excluding carboxylic acids is 1. The Labute approximate surface area is 190 Å². The van der Waals surface area contributed by atoms with Crippen LogP contribution in [0.1, 0.15) is 51.5 Å². The topological polar surface area (TPSA) is 78.9 Å². The van der Waals surface area contributed by atoms with Crippen LogP contribution < -0.4 is 10.2 Å². The van der Waals surface area contributed by atoms with Crippen molar-refractivity contribution in [3.63, 3.8) is 0 Å². The van der Waals surface area contributed by atoms with Crippen LogP contribution in [0.4, 0.5) is 10.5 Å². The Bertz CT molecular complexity index is 906.